The Balaban J connectivity index is 1.35. The van der Waals surface area contributed by atoms with Crippen molar-refractivity contribution in [3.05, 3.63) is 70.1 Å². The van der Waals surface area contributed by atoms with E-state index in [1.165, 1.54) is 11.9 Å². The lowest BCUT2D eigenvalue weighted by molar-refractivity contribution is -0.130. The number of sulfonamides is 1. The molecule has 0 radical (unpaired) electrons. The highest BCUT2D eigenvalue weighted by Crippen LogP contribution is 2.25. The minimum atomic E-state index is -3.98. The standard InChI is InChI=1S/C42H59ClN8O10S/c1-27(2)38(40(56)44-5)48-36(54)25-49(6)22-20-29-14-18-32(19-15-29)50(7)42(58)61-26-30-12-16-31(17-13-30)46-35(53)24-45-41(57)39(28(3)4)47-34(52)11-9-8-10-21-51-37(55)23-33(43)62(51,59)60/h12-19,23,27-28,38-39H,8-11,20-22,24-26H2,1-7H3,(H,44,56)(H,45,57)(H,46,53)(H,47,52)(H,48,54). The summed E-state index contributed by atoms with van der Waals surface area (Å²) in [6.45, 7) is 7.55. The van der Waals surface area contributed by atoms with Gasteiger partial charge >= 0.3 is 6.09 Å². The molecule has 2 unspecified atom stereocenters. The molecule has 340 valence electrons. The van der Waals surface area contributed by atoms with Crippen molar-refractivity contribution in [2.24, 2.45) is 11.8 Å². The first-order valence-corrected chi connectivity index (χ1v) is 22.1. The highest BCUT2D eigenvalue weighted by atomic mass is 35.5. The maximum absolute atomic E-state index is 12.9. The predicted molar refractivity (Wildman–Crippen MR) is 235 cm³/mol. The van der Waals surface area contributed by atoms with E-state index in [9.17, 15) is 42.0 Å². The van der Waals surface area contributed by atoms with Gasteiger partial charge in [0.1, 0.15) is 18.7 Å². The molecule has 0 saturated carbocycles. The van der Waals surface area contributed by atoms with Crippen LogP contribution in [0.3, 0.4) is 0 Å². The molecule has 2 aromatic rings. The molecular weight excluding hydrogens is 844 g/mol. The summed E-state index contributed by atoms with van der Waals surface area (Å²) in [5.74, 6) is -2.93. The molecule has 0 bridgehead atoms. The van der Waals surface area contributed by atoms with Gasteiger partial charge in [-0.1, -0.05) is 70.0 Å². The van der Waals surface area contributed by atoms with Gasteiger partial charge in [-0.3, -0.25) is 38.6 Å². The van der Waals surface area contributed by atoms with Gasteiger partial charge in [0, 0.05) is 51.1 Å². The number of likely N-dealkylation sites (N-methyl/N-ethyl adjacent to an activating group) is 2. The van der Waals surface area contributed by atoms with E-state index in [4.69, 9.17) is 16.3 Å². The number of carbonyl (C=O) groups is 7. The SMILES string of the molecule is CNC(=O)C(NC(=O)CN(C)CCc1ccc(N(C)C(=O)OCc2ccc(NC(=O)CNC(=O)C(NC(=O)CCCCCN3C(=O)C=C(Cl)S3(=O)=O)C(C)C)cc2)cc1)C(C)C. The van der Waals surface area contributed by atoms with Crippen LogP contribution in [0, 0.1) is 11.8 Å². The monoisotopic (exact) mass is 902 g/mol. The fourth-order valence-electron chi connectivity index (χ4n) is 6.15. The first-order chi connectivity index (χ1) is 29.2. The number of hydrogen-bond acceptors (Lipinski definition) is 11. The average Bonchev–Trinajstić information content (AvgIpc) is 3.42. The van der Waals surface area contributed by atoms with E-state index in [2.05, 4.69) is 26.6 Å². The van der Waals surface area contributed by atoms with Gasteiger partial charge in [0.25, 0.3) is 15.9 Å². The number of nitrogens with one attached hydrogen (secondary N) is 5. The van der Waals surface area contributed by atoms with Crippen molar-refractivity contribution in [2.75, 3.05) is 57.5 Å². The number of benzene rings is 2. The number of rotatable bonds is 23. The molecule has 3 rings (SSSR count). The van der Waals surface area contributed by atoms with Crippen molar-refractivity contribution in [3.63, 3.8) is 0 Å². The highest BCUT2D eigenvalue weighted by molar-refractivity contribution is 7.95. The largest absolute Gasteiger partial charge is 0.444 e. The number of hydrogen-bond donors (Lipinski definition) is 5. The van der Waals surface area contributed by atoms with Crippen LogP contribution in [-0.2, 0) is 56.6 Å². The Morgan fingerprint density at radius 3 is 1.97 bits per heavy atom. The molecule has 2 aromatic carbocycles. The van der Waals surface area contributed by atoms with Gasteiger partial charge in [-0.05, 0) is 73.5 Å². The molecule has 18 nitrogen and oxygen atoms in total. The van der Waals surface area contributed by atoms with Crippen molar-refractivity contribution in [1.82, 2.24) is 30.5 Å². The van der Waals surface area contributed by atoms with E-state index < -0.39 is 50.3 Å². The Bertz CT molecular complexity index is 2050. The number of nitrogens with zero attached hydrogens (tertiary/aromatic N) is 3. The minimum absolute atomic E-state index is 0.0221. The van der Waals surface area contributed by atoms with Gasteiger partial charge < -0.3 is 31.3 Å². The third kappa shape index (κ3) is 15.7. The smallest absolute Gasteiger partial charge is 0.414 e. The van der Waals surface area contributed by atoms with Crippen LogP contribution in [0.1, 0.15) is 64.5 Å². The van der Waals surface area contributed by atoms with E-state index in [-0.39, 0.29) is 62.2 Å². The average molecular weight is 903 g/mol. The summed E-state index contributed by atoms with van der Waals surface area (Å²) in [6.07, 6.45) is 2.21. The van der Waals surface area contributed by atoms with E-state index in [0.717, 1.165) is 11.6 Å². The van der Waals surface area contributed by atoms with Gasteiger partial charge in [-0.2, -0.15) is 0 Å². The highest BCUT2D eigenvalue weighted by Gasteiger charge is 2.36. The van der Waals surface area contributed by atoms with Crippen LogP contribution in [0.2, 0.25) is 0 Å². The molecule has 62 heavy (non-hydrogen) atoms. The second-order valence-electron chi connectivity index (χ2n) is 15.6. The van der Waals surface area contributed by atoms with Crippen molar-refractivity contribution < 1.29 is 46.7 Å². The van der Waals surface area contributed by atoms with Crippen LogP contribution in [-0.4, -0.2) is 119 Å². The lowest BCUT2D eigenvalue weighted by atomic mass is 10.0. The molecule has 1 aliphatic rings. The van der Waals surface area contributed by atoms with Crippen LogP contribution in [0.15, 0.2) is 59.0 Å². The molecule has 0 aliphatic carbocycles. The zero-order chi connectivity index (χ0) is 46.1. The fraction of sp³-hybridized carbons (Fsp3) is 0.500. The second-order valence-corrected chi connectivity index (χ2v) is 18.1. The van der Waals surface area contributed by atoms with E-state index in [1.807, 2.05) is 37.9 Å². The van der Waals surface area contributed by atoms with Crippen LogP contribution in [0.4, 0.5) is 16.2 Å². The normalized spacial score (nSPS) is 14.2. The zero-order valence-corrected chi connectivity index (χ0v) is 37.9. The van der Waals surface area contributed by atoms with Crippen molar-refractivity contribution >= 4 is 74.5 Å². The third-order valence-corrected chi connectivity index (χ3v) is 12.1. The zero-order valence-electron chi connectivity index (χ0n) is 36.3. The van der Waals surface area contributed by atoms with Crippen LogP contribution in [0.25, 0.3) is 0 Å². The molecule has 2 atom stereocenters. The van der Waals surface area contributed by atoms with Crippen molar-refractivity contribution in [3.8, 4) is 0 Å². The number of halogens is 1. The molecule has 5 N–H and O–H groups in total. The molecule has 1 aliphatic heterocycles. The van der Waals surface area contributed by atoms with Gasteiger partial charge in [-0.15, -0.1) is 0 Å². The quantitative estimate of drug-likeness (QED) is 0.102. The molecule has 0 aromatic heterocycles. The molecule has 0 fully saturated rings. The van der Waals surface area contributed by atoms with Gasteiger partial charge in [-0.25, -0.2) is 17.5 Å². The number of unbranched alkanes of at least 4 members (excludes halogenated alkanes) is 2. The summed E-state index contributed by atoms with van der Waals surface area (Å²) >= 11 is 5.61. The summed E-state index contributed by atoms with van der Waals surface area (Å²) in [6, 6.07) is 12.5. The molecule has 0 spiro atoms. The molecular formula is C42H59ClN8O10S. The molecule has 0 saturated heterocycles. The summed E-state index contributed by atoms with van der Waals surface area (Å²) in [4.78, 5) is 90.6. The number of ether oxygens (including phenoxy) is 1. The Hall–Kier alpha value is -5.53. The number of amides is 7. The van der Waals surface area contributed by atoms with E-state index in [1.54, 1.807) is 57.3 Å². The summed E-state index contributed by atoms with van der Waals surface area (Å²) in [5, 5.41) is 13.3. The predicted octanol–water partition coefficient (Wildman–Crippen LogP) is 2.83. The summed E-state index contributed by atoms with van der Waals surface area (Å²) < 4.78 is 29.8. The lowest BCUT2D eigenvalue weighted by Crippen LogP contribution is -2.51. The molecule has 20 heteroatoms. The second kappa shape index (κ2) is 24.2. The maximum Gasteiger partial charge on any atom is 0.414 e. The van der Waals surface area contributed by atoms with Crippen LogP contribution < -0.4 is 31.5 Å². The third-order valence-electron chi connectivity index (χ3n) is 9.88. The van der Waals surface area contributed by atoms with E-state index in [0.29, 0.717) is 53.5 Å². The van der Waals surface area contributed by atoms with Crippen molar-refractivity contribution in [2.45, 2.75) is 78.5 Å². The van der Waals surface area contributed by atoms with Gasteiger partial charge in [0.05, 0.1) is 13.1 Å². The topological polar surface area (TPSA) is 233 Å². The Morgan fingerprint density at radius 1 is 0.790 bits per heavy atom. The summed E-state index contributed by atoms with van der Waals surface area (Å²) in [7, 11) is 0.985. The minimum Gasteiger partial charge on any atom is -0.444 e. The molecule has 1 heterocycles. The number of carbonyl (C=O) groups excluding carboxylic acids is 7. The molecule has 7 amide bonds. The van der Waals surface area contributed by atoms with Crippen LogP contribution >= 0.6 is 11.6 Å². The fourth-order valence-corrected chi connectivity index (χ4v) is 7.61. The van der Waals surface area contributed by atoms with Gasteiger partial charge in [0.2, 0.25) is 29.5 Å². The first-order valence-electron chi connectivity index (χ1n) is 20.3. The lowest BCUT2D eigenvalue weighted by Gasteiger charge is -2.23. The van der Waals surface area contributed by atoms with E-state index >= 15 is 0 Å². The number of anilines is 2. The van der Waals surface area contributed by atoms with Gasteiger partial charge in [0.15, 0.2) is 4.36 Å². The maximum atomic E-state index is 12.9. The van der Waals surface area contributed by atoms with Crippen LogP contribution in [0.5, 0.6) is 0 Å². The Kier molecular flexibility index (Phi) is 19.8. The first kappa shape index (κ1) is 50.8. The Labute approximate surface area is 368 Å². The van der Waals surface area contributed by atoms with Crippen molar-refractivity contribution in [1.29, 1.82) is 0 Å². The summed E-state index contributed by atoms with van der Waals surface area (Å²) in [5.41, 5.74) is 2.76. The Morgan fingerprint density at radius 2 is 1.39 bits per heavy atom.